The smallest absolute Gasteiger partial charge is 0.191 e. The fraction of sp³-hybridized carbons (Fsp3) is 0.682. The predicted molar refractivity (Wildman–Crippen MR) is 122 cm³/mol. The molecule has 0 radical (unpaired) electrons. The molecule has 1 heterocycles. The molecule has 0 aromatic heterocycles. The summed E-state index contributed by atoms with van der Waals surface area (Å²) in [6.45, 7) is 9.84. The molecule has 9 nitrogen and oxygen atoms in total. The van der Waals surface area contributed by atoms with Gasteiger partial charge in [-0.2, -0.15) is 0 Å². The van der Waals surface area contributed by atoms with Gasteiger partial charge in [-0.05, 0) is 20.3 Å². The van der Waals surface area contributed by atoms with E-state index in [1.807, 2.05) is 32.0 Å². The molecule has 1 aliphatic heterocycles. The van der Waals surface area contributed by atoms with E-state index in [-0.39, 0.29) is 0 Å². The number of aliphatic hydroxyl groups is 1. The largest absolute Gasteiger partial charge is 0.496 e. The van der Waals surface area contributed by atoms with Crippen LogP contribution in [0.4, 0.5) is 0 Å². The Morgan fingerprint density at radius 3 is 2.39 bits per heavy atom. The van der Waals surface area contributed by atoms with E-state index in [9.17, 15) is 5.11 Å². The molecule has 1 aromatic rings. The lowest BCUT2D eigenvalue weighted by Gasteiger charge is -2.33. The van der Waals surface area contributed by atoms with E-state index in [0.29, 0.717) is 62.7 Å². The van der Waals surface area contributed by atoms with Gasteiger partial charge in [-0.3, -0.25) is 9.89 Å². The number of hydrogen-bond acceptors (Lipinski definition) is 7. The molecule has 0 bridgehead atoms. The van der Waals surface area contributed by atoms with Crippen LogP contribution in [0.1, 0.15) is 20.3 Å². The van der Waals surface area contributed by atoms with Gasteiger partial charge in [0.25, 0.3) is 0 Å². The molecule has 2 rings (SSSR count). The molecular weight excluding hydrogens is 400 g/mol. The van der Waals surface area contributed by atoms with Crippen molar-refractivity contribution in [2.45, 2.75) is 25.9 Å². The Kier molecular flexibility index (Phi) is 10.7. The van der Waals surface area contributed by atoms with E-state index in [0.717, 1.165) is 26.1 Å². The number of hydrogen-bond donors (Lipinski definition) is 3. The Bertz CT molecular complexity index is 656. The van der Waals surface area contributed by atoms with E-state index < -0.39 is 5.60 Å². The molecule has 1 atom stereocenters. The Morgan fingerprint density at radius 2 is 1.77 bits per heavy atom. The van der Waals surface area contributed by atoms with Gasteiger partial charge in [-0.1, -0.05) is 0 Å². The van der Waals surface area contributed by atoms with Crippen LogP contribution < -0.4 is 24.8 Å². The third-order valence-electron chi connectivity index (χ3n) is 4.80. The molecule has 1 saturated heterocycles. The second-order valence-electron chi connectivity index (χ2n) is 7.76. The Balaban J connectivity index is 1.75. The lowest BCUT2D eigenvalue weighted by molar-refractivity contribution is -0.0180. The maximum atomic E-state index is 10.7. The zero-order valence-electron chi connectivity index (χ0n) is 19.3. The van der Waals surface area contributed by atoms with Crippen LogP contribution in [0.5, 0.6) is 17.2 Å². The molecule has 0 amide bonds. The van der Waals surface area contributed by atoms with Crippen LogP contribution in [-0.2, 0) is 4.74 Å². The molecule has 9 heteroatoms. The van der Waals surface area contributed by atoms with E-state index in [1.54, 1.807) is 14.2 Å². The van der Waals surface area contributed by atoms with Gasteiger partial charge in [-0.25, -0.2) is 0 Å². The van der Waals surface area contributed by atoms with Gasteiger partial charge in [0, 0.05) is 50.9 Å². The SMILES string of the molecule is CCNC(=NCC(C)(O)CN1CCOCC1)NCCCOc1cc(OC)cc(OC)c1. The number of aliphatic imine (C=N–C) groups is 1. The second-order valence-corrected chi connectivity index (χ2v) is 7.76. The fourth-order valence-corrected chi connectivity index (χ4v) is 3.22. The zero-order valence-corrected chi connectivity index (χ0v) is 19.3. The van der Waals surface area contributed by atoms with Crippen molar-refractivity contribution in [3.63, 3.8) is 0 Å². The number of ether oxygens (including phenoxy) is 4. The summed E-state index contributed by atoms with van der Waals surface area (Å²) in [7, 11) is 3.23. The highest BCUT2D eigenvalue weighted by Crippen LogP contribution is 2.27. The van der Waals surface area contributed by atoms with Crippen molar-refractivity contribution in [1.82, 2.24) is 15.5 Å². The van der Waals surface area contributed by atoms with Gasteiger partial charge in [0.1, 0.15) is 17.2 Å². The van der Waals surface area contributed by atoms with Crippen LogP contribution in [-0.4, -0.2) is 94.9 Å². The topological polar surface area (TPSA) is 96.8 Å². The monoisotopic (exact) mass is 438 g/mol. The van der Waals surface area contributed by atoms with Gasteiger partial charge in [0.05, 0.1) is 46.2 Å². The number of rotatable bonds is 12. The predicted octanol–water partition coefficient (Wildman–Crippen LogP) is 1.11. The zero-order chi connectivity index (χ0) is 22.5. The van der Waals surface area contributed by atoms with Gasteiger partial charge in [0.15, 0.2) is 5.96 Å². The molecule has 0 aliphatic carbocycles. The van der Waals surface area contributed by atoms with Crippen LogP contribution in [0.3, 0.4) is 0 Å². The number of β-amino-alcohol motifs (C(OH)–C–C–N with tert-alkyl or cyclic N) is 1. The van der Waals surface area contributed by atoms with E-state index in [2.05, 4.69) is 20.5 Å². The van der Waals surface area contributed by atoms with Crippen molar-refractivity contribution < 1.29 is 24.1 Å². The van der Waals surface area contributed by atoms with Crippen molar-refractivity contribution in [3.8, 4) is 17.2 Å². The number of benzene rings is 1. The first-order valence-electron chi connectivity index (χ1n) is 10.9. The number of morpholine rings is 1. The number of guanidine groups is 1. The molecule has 176 valence electrons. The lowest BCUT2D eigenvalue weighted by Crippen LogP contribution is -2.48. The third kappa shape index (κ3) is 9.63. The lowest BCUT2D eigenvalue weighted by atomic mass is 10.1. The van der Waals surface area contributed by atoms with Crippen LogP contribution in [0.15, 0.2) is 23.2 Å². The van der Waals surface area contributed by atoms with Crippen LogP contribution in [0.25, 0.3) is 0 Å². The highest BCUT2D eigenvalue weighted by Gasteiger charge is 2.25. The quantitative estimate of drug-likeness (QED) is 0.254. The molecule has 3 N–H and O–H groups in total. The molecule has 1 aliphatic rings. The average Bonchev–Trinajstić information content (AvgIpc) is 2.77. The molecular formula is C22H38N4O5. The third-order valence-corrected chi connectivity index (χ3v) is 4.80. The summed E-state index contributed by atoms with van der Waals surface area (Å²) in [6, 6.07) is 5.47. The molecule has 0 spiro atoms. The highest BCUT2D eigenvalue weighted by molar-refractivity contribution is 5.79. The molecule has 31 heavy (non-hydrogen) atoms. The minimum Gasteiger partial charge on any atom is -0.496 e. The van der Waals surface area contributed by atoms with Crippen molar-refractivity contribution in [1.29, 1.82) is 0 Å². The first-order valence-corrected chi connectivity index (χ1v) is 10.9. The summed E-state index contributed by atoms with van der Waals surface area (Å²) in [5, 5.41) is 17.2. The van der Waals surface area contributed by atoms with E-state index >= 15 is 0 Å². The summed E-state index contributed by atoms with van der Waals surface area (Å²) in [4.78, 5) is 6.78. The standard InChI is InChI=1S/C22H38N4O5/c1-5-23-21(25-16-22(2,27)17-26-8-11-30-12-9-26)24-7-6-10-31-20-14-18(28-3)13-19(15-20)29-4/h13-15,27H,5-12,16-17H2,1-4H3,(H2,23,24,25). The fourth-order valence-electron chi connectivity index (χ4n) is 3.22. The molecule has 1 fully saturated rings. The van der Waals surface area contributed by atoms with Crippen LogP contribution >= 0.6 is 0 Å². The number of nitrogens with zero attached hydrogens (tertiary/aromatic N) is 2. The van der Waals surface area contributed by atoms with Crippen molar-refractivity contribution in [3.05, 3.63) is 18.2 Å². The van der Waals surface area contributed by atoms with Crippen molar-refractivity contribution in [2.24, 2.45) is 4.99 Å². The maximum Gasteiger partial charge on any atom is 0.191 e. The van der Waals surface area contributed by atoms with Crippen molar-refractivity contribution in [2.75, 3.05) is 73.3 Å². The minimum atomic E-state index is -0.895. The first-order chi connectivity index (χ1) is 15.0. The van der Waals surface area contributed by atoms with Gasteiger partial charge in [0.2, 0.25) is 0 Å². The molecule has 0 saturated carbocycles. The van der Waals surface area contributed by atoms with Crippen LogP contribution in [0.2, 0.25) is 0 Å². The van der Waals surface area contributed by atoms with Crippen molar-refractivity contribution >= 4 is 5.96 Å². The summed E-state index contributed by atoms with van der Waals surface area (Å²) >= 11 is 0. The normalized spacial score (nSPS) is 17.0. The Morgan fingerprint density at radius 1 is 1.13 bits per heavy atom. The second kappa shape index (κ2) is 13.2. The van der Waals surface area contributed by atoms with Crippen LogP contribution in [0, 0.1) is 0 Å². The summed E-state index contributed by atoms with van der Waals surface area (Å²) in [5.74, 6) is 2.78. The Labute approximate surface area is 185 Å². The van der Waals surface area contributed by atoms with E-state index in [4.69, 9.17) is 18.9 Å². The summed E-state index contributed by atoms with van der Waals surface area (Å²) in [5.41, 5.74) is -0.895. The first kappa shape index (κ1) is 25.0. The number of methoxy groups -OCH3 is 2. The maximum absolute atomic E-state index is 10.7. The van der Waals surface area contributed by atoms with Gasteiger partial charge < -0.3 is 34.7 Å². The Hall–Kier alpha value is -2.23. The molecule has 1 unspecified atom stereocenters. The molecule has 1 aromatic carbocycles. The summed E-state index contributed by atoms with van der Waals surface area (Å²) < 4.78 is 21.7. The van der Waals surface area contributed by atoms with Gasteiger partial charge in [-0.15, -0.1) is 0 Å². The van der Waals surface area contributed by atoms with Gasteiger partial charge >= 0.3 is 0 Å². The summed E-state index contributed by atoms with van der Waals surface area (Å²) in [6.07, 6.45) is 0.786. The minimum absolute atomic E-state index is 0.319. The van der Waals surface area contributed by atoms with E-state index in [1.165, 1.54) is 0 Å². The average molecular weight is 439 g/mol. The number of nitrogens with one attached hydrogen (secondary N) is 2. The highest BCUT2D eigenvalue weighted by atomic mass is 16.5.